The lowest BCUT2D eigenvalue weighted by molar-refractivity contribution is 0.0263. The third kappa shape index (κ3) is 4.10. The molecule has 2 rings (SSSR count). The molecule has 1 aromatic rings. The SMILES string of the molecule is CC(C)(O)CN1CCN(S(=O)(=O)c2cnc(N)nc2)CC1. The van der Waals surface area contributed by atoms with Crippen molar-refractivity contribution in [3.8, 4) is 0 Å². The highest BCUT2D eigenvalue weighted by molar-refractivity contribution is 7.89. The van der Waals surface area contributed by atoms with Gasteiger partial charge in [0.2, 0.25) is 16.0 Å². The van der Waals surface area contributed by atoms with Crippen molar-refractivity contribution in [2.24, 2.45) is 0 Å². The van der Waals surface area contributed by atoms with Gasteiger partial charge < -0.3 is 10.8 Å². The minimum absolute atomic E-state index is 0.0453. The molecule has 0 saturated carbocycles. The van der Waals surface area contributed by atoms with Crippen LogP contribution in [0, 0.1) is 0 Å². The quantitative estimate of drug-likeness (QED) is 0.743. The fraction of sp³-hybridized carbons (Fsp3) is 0.667. The average Bonchev–Trinajstić information content (AvgIpc) is 2.38. The summed E-state index contributed by atoms with van der Waals surface area (Å²) >= 11 is 0. The smallest absolute Gasteiger partial charge is 0.246 e. The van der Waals surface area contributed by atoms with E-state index >= 15 is 0 Å². The number of nitrogens with zero attached hydrogens (tertiary/aromatic N) is 4. The summed E-state index contributed by atoms with van der Waals surface area (Å²) in [7, 11) is -3.58. The van der Waals surface area contributed by atoms with Crippen molar-refractivity contribution in [2.75, 3.05) is 38.5 Å². The van der Waals surface area contributed by atoms with Gasteiger partial charge in [-0.25, -0.2) is 18.4 Å². The van der Waals surface area contributed by atoms with Gasteiger partial charge in [-0.3, -0.25) is 4.90 Å². The molecule has 21 heavy (non-hydrogen) atoms. The summed E-state index contributed by atoms with van der Waals surface area (Å²) in [4.78, 5) is 9.54. The molecule has 8 nitrogen and oxygen atoms in total. The number of β-amino-alcohol motifs (C(OH)–C–C–N with tert-alkyl or cyclic N) is 1. The molecule has 0 atom stereocenters. The minimum atomic E-state index is -3.58. The first-order valence-electron chi connectivity index (χ1n) is 6.71. The lowest BCUT2D eigenvalue weighted by atomic mass is 10.1. The third-order valence-corrected chi connectivity index (χ3v) is 5.08. The largest absolute Gasteiger partial charge is 0.389 e. The molecule has 0 unspecified atom stereocenters. The molecule has 0 radical (unpaired) electrons. The summed E-state index contributed by atoms with van der Waals surface area (Å²) in [5, 5.41) is 9.80. The molecule has 0 aromatic carbocycles. The lowest BCUT2D eigenvalue weighted by Crippen LogP contribution is -2.51. The molecule has 2 heterocycles. The molecule has 9 heteroatoms. The Bertz CT molecular complexity index is 574. The molecule has 0 amide bonds. The fourth-order valence-corrected chi connectivity index (χ4v) is 3.60. The first-order valence-corrected chi connectivity index (χ1v) is 8.15. The number of rotatable bonds is 4. The number of hydrogen-bond acceptors (Lipinski definition) is 7. The van der Waals surface area contributed by atoms with E-state index in [0.29, 0.717) is 32.7 Å². The van der Waals surface area contributed by atoms with Crippen molar-refractivity contribution in [1.29, 1.82) is 0 Å². The molecular weight excluding hydrogens is 294 g/mol. The number of sulfonamides is 1. The van der Waals surface area contributed by atoms with Crippen LogP contribution in [0.1, 0.15) is 13.8 Å². The van der Waals surface area contributed by atoms with E-state index in [1.54, 1.807) is 13.8 Å². The van der Waals surface area contributed by atoms with Gasteiger partial charge in [0.25, 0.3) is 0 Å². The standard InChI is InChI=1S/C12H21N5O3S/c1-12(2,18)9-16-3-5-17(6-4-16)21(19,20)10-7-14-11(13)15-8-10/h7-8,18H,3-6,9H2,1-2H3,(H2,13,14,15). The van der Waals surface area contributed by atoms with Crippen molar-refractivity contribution in [3.63, 3.8) is 0 Å². The van der Waals surface area contributed by atoms with Crippen LogP contribution in [-0.4, -0.2) is 71.0 Å². The van der Waals surface area contributed by atoms with Gasteiger partial charge in [0, 0.05) is 32.7 Å². The summed E-state index contributed by atoms with van der Waals surface area (Å²) in [6.45, 7) is 5.92. The molecule has 0 spiro atoms. The third-order valence-electron chi connectivity index (χ3n) is 3.23. The number of aromatic nitrogens is 2. The van der Waals surface area contributed by atoms with Crippen molar-refractivity contribution in [2.45, 2.75) is 24.3 Å². The van der Waals surface area contributed by atoms with Gasteiger partial charge in [-0.05, 0) is 13.8 Å². The number of nitrogen functional groups attached to an aromatic ring is 1. The van der Waals surface area contributed by atoms with Crippen LogP contribution in [0.2, 0.25) is 0 Å². The second kappa shape index (κ2) is 5.84. The molecule has 0 aliphatic carbocycles. The maximum Gasteiger partial charge on any atom is 0.246 e. The molecule has 1 aliphatic rings. The van der Waals surface area contributed by atoms with E-state index in [-0.39, 0.29) is 10.8 Å². The van der Waals surface area contributed by atoms with Crippen LogP contribution >= 0.6 is 0 Å². The van der Waals surface area contributed by atoms with Crippen molar-refractivity contribution >= 4 is 16.0 Å². The summed E-state index contributed by atoms with van der Waals surface area (Å²) < 4.78 is 26.3. The number of aliphatic hydroxyl groups is 1. The van der Waals surface area contributed by atoms with Gasteiger partial charge in [0.15, 0.2) is 0 Å². The Morgan fingerprint density at radius 3 is 2.24 bits per heavy atom. The maximum atomic E-state index is 12.4. The van der Waals surface area contributed by atoms with Gasteiger partial charge in [-0.2, -0.15) is 4.31 Å². The Kier molecular flexibility index (Phi) is 4.47. The normalized spacial score (nSPS) is 18.8. The van der Waals surface area contributed by atoms with E-state index in [2.05, 4.69) is 9.97 Å². The second-order valence-electron chi connectivity index (χ2n) is 5.77. The zero-order valence-corrected chi connectivity index (χ0v) is 13.0. The van der Waals surface area contributed by atoms with Crippen molar-refractivity contribution in [1.82, 2.24) is 19.2 Å². The number of piperazine rings is 1. The van der Waals surface area contributed by atoms with Gasteiger partial charge in [0.1, 0.15) is 4.90 Å². The monoisotopic (exact) mass is 315 g/mol. The Morgan fingerprint density at radius 2 is 1.76 bits per heavy atom. The first-order chi connectivity index (χ1) is 9.68. The topological polar surface area (TPSA) is 113 Å². The molecule has 1 saturated heterocycles. The van der Waals surface area contributed by atoms with E-state index in [1.807, 2.05) is 4.90 Å². The molecule has 1 aromatic heterocycles. The molecule has 1 aliphatic heterocycles. The summed E-state index contributed by atoms with van der Waals surface area (Å²) in [6.07, 6.45) is 2.45. The molecule has 3 N–H and O–H groups in total. The van der Waals surface area contributed by atoms with Crippen LogP contribution in [0.3, 0.4) is 0 Å². The number of anilines is 1. The lowest BCUT2D eigenvalue weighted by Gasteiger charge is -2.36. The zero-order chi connectivity index (χ0) is 15.7. The summed E-state index contributed by atoms with van der Waals surface area (Å²) in [5.74, 6) is 0.0453. The van der Waals surface area contributed by atoms with Crippen LogP contribution in [0.25, 0.3) is 0 Å². The van der Waals surface area contributed by atoms with Gasteiger partial charge in [0.05, 0.1) is 18.0 Å². The van der Waals surface area contributed by atoms with Gasteiger partial charge in [-0.15, -0.1) is 0 Å². The molecule has 118 valence electrons. The average molecular weight is 315 g/mol. The number of hydrogen-bond donors (Lipinski definition) is 2. The van der Waals surface area contributed by atoms with Gasteiger partial charge >= 0.3 is 0 Å². The highest BCUT2D eigenvalue weighted by Gasteiger charge is 2.30. The van der Waals surface area contributed by atoms with Crippen molar-refractivity contribution in [3.05, 3.63) is 12.4 Å². The van der Waals surface area contributed by atoms with Gasteiger partial charge in [-0.1, -0.05) is 0 Å². The van der Waals surface area contributed by atoms with E-state index in [4.69, 9.17) is 5.73 Å². The van der Waals surface area contributed by atoms with Crippen LogP contribution in [-0.2, 0) is 10.0 Å². The fourth-order valence-electron chi connectivity index (χ4n) is 2.28. The van der Waals surface area contributed by atoms with E-state index in [1.165, 1.54) is 16.7 Å². The predicted octanol–water partition coefficient (Wildman–Crippen LogP) is -0.864. The highest BCUT2D eigenvalue weighted by atomic mass is 32.2. The van der Waals surface area contributed by atoms with Crippen LogP contribution in [0.4, 0.5) is 5.95 Å². The predicted molar refractivity (Wildman–Crippen MR) is 77.9 cm³/mol. The van der Waals surface area contributed by atoms with E-state index in [0.717, 1.165) is 0 Å². The first kappa shape index (κ1) is 16.1. The summed E-state index contributed by atoms with van der Waals surface area (Å²) in [5.41, 5.74) is 4.58. The summed E-state index contributed by atoms with van der Waals surface area (Å²) in [6, 6.07) is 0. The van der Waals surface area contributed by atoms with E-state index < -0.39 is 15.6 Å². The highest BCUT2D eigenvalue weighted by Crippen LogP contribution is 2.17. The maximum absolute atomic E-state index is 12.4. The minimum Gasteiger partial charge on any atom is -0.389 e. The zero-order valence-electron chi connectivity index (χ0n) is 12.2. The van der Waals surface area contributed by atoms with Crippen molar-refractivity contribution < 1.29 is 13.5 Å². The van der Waals surface area contributed by atoms with Crippen LogP contribution in [0.5, 0.6) is 0 Å². The Morgan fingerprint density at radius 1 is 1.24 bits per heavy atom. The second-order valence-corrected chi connectivity index (χ2v) is 7.71. The molecular formula is C12H21N5O3S. The molecule has 0 bridgehead atoms. The Hall–Kier alpha value is -1.29. The molecule has 1 fully saturated rings. The Balaban J connectivity index is 2.03. The van der Waals surface area contributed by atoms with Crippen LogP contribution in [0.15, 0.2) is 17.3 Å². The Labute approximate surface area is 124 Å². The van der Waals surface area contributed by atoms with E-state index in [9.17, 15) is 13.5 Å². The number of nitrogens with two attached hydrogens (primary N) is 1. The van der Waals surface area contributed by atoms with Crippen LogP contribution < -0.4 is 5.73 Å².